The molecule has 2 N–H and O–H groups in total. The first-order valence-corrected chi connectivity index (χ1v) is 8.70. The fourth-order valence-electron chi connectivity index (χ4n) is 2.98. The van der Waals surface area contributed by atoms with Crippen molar-refractivity contribution in [2.75, 3.05) is 5.73 Å². The van der Waals surface area contributed by atoms with Crippen LogP contribution in [0.1, 0.15) is 38.8 Å². The van der Waals surface area contributed by atoms with E-state index in [9.17, 15) is 4.39 Å². The Hall–Kier alpha value is -2.05. The third-order valence-electron chi connectivity index (χ3n) is 5.18. The molecule has 1 heterocycles. The molecule has 3 rings (SSSR count). The number of anilines is 1. The van der Waals surface area contributed by atoms with Crippen LogP contribution >= 0.6 is 0 Å². The lowest BCUT2D eigenvalue weighted by atomic mass is 9.78. The Morgan fingerprint density at radius 1 is 0.962 bits per heavy atom. The maximum absolute atomic E-state index is 13.6. The molecule has 2 aromatic carbocycles. The van der Waals surface area contributed by atoms with Crippen molar-refractivity contribution in [3.05, 3.63) is 47.3 Å². The second kappa shape index (κ2) is 6.29. The predicted octanol–water partition coefficient (Wildman–Crippen LogP) is 4.12. The van der Waals surface area contributed by atoms with Gasteiger partial charge in [0.15, 0.2) is 0 Å². The average molecular weight is 357 g/mol. The molecule has 26 heavy (non-hydrogen) atoms. The molecular formula is C20H25BFNO3. The van der Waals surface area contributed by atoms with E-state index in [1.165, 1.54) is 12.1 Å². The van der Waals surface area contributed by atoms with E-state index < -0.39 is 18.3 Å². The van der Waals surface area contributed by atoms with Gasteiger partial charge in [0, 0.05) is 11.2 Å². The summed E-state index contributed by atoms with van der Waals surface area (Å²) in [5.41, 5.74) is 7.79. The lowest BCUT2D eigenvalue weighted by Gasteiger charge is -2.32. The first kappa shape index (κ1) is 18.7. The summed E-state index contributed by atoms with van der Waals surface area (Å²) in [7, 11) is -0.598. The second-order valence-corrected chi connectivity index (χ2v) is 7.86. The molecular weight excluding hydrogens is 332 g/mol. The first-order chi connectivity index (χ1) is 12.0. The van der Waals surface area contributed by atoms with Crippen LogP contribution in [0.5, 0.6) is 11.5 Å². The van der Waals surface area contributed by atoms with E-state index in [1.54, 1.807) is 18.2 Å². The zero-order valence-electron chi connectivity index (χ0n) is 16.1. The third-order valence-corrected chi connectivity index (χ3v) is 5.18. The number of ether oxygens (including phenoxy) is 1. The van der Waals surface area contributed by atoms with Crippen LogP contribution in [0.15, 0.2) is 30.3 Å². The van der Waals surface area contributed by atoms with Crippen molar-refractivity contribution in [1.29, 1.82) is 0 Å². The van der Waals surface area contributed by atoms with Crippen molar-refractivity contribution in [3.63, 3.8) is 0 Å². The Morgan fingerprint density at radius 3 is 2.04 bits per heavy atom. The molecule has 1 aliphatic heterocycles. The molecule has 0 amide bonds. The van der Waals surface area contributed by atoms with Gasteiger partial charge in [-0.15, -0.1) is 0 Å². The summed E-state index contributed by atoms with van der Waals surface area (Å²) in [5, 5.41) is 0. The fourth-order valence-corrected chi connectivity index (χ4v) is 2.98. The molecule has 6 heteroatoms. The van der Waals surface area contributed by atoms with Gasteiger partial charge in [-0.25, -0.2) is 4.39 Å². The van der Waals surface area contributed by atoms with Gasteiger partial charge in [0.05, 0.1) is 11.2 Å². The van der Waals surface area contributed by atoms with E-state index in [4.69, 9.17) is 19.8 Å². The first-order valence-electron chi connectivity index (χ1n) is 8.70. The van der Waals surface area contributed by atoms with E-state index >= 15 is 0 Å². The quantitative estimate of drug-likeness (QED) is 0.663. The van der Waals surface area contributed by atoms with Crippen molar-refractivity contribution in [1.82, 2.24) is 0 Å². The highest BCUT2D eigenvalue weighted by atomic mass is 19.1. The molecule has 0 unspecified atom stereocenters. The number of rotatable bonds is 3. The number of halogens is 1. The van der Waals surface area contributed by atoms with Crippen LogP contribution in [0.25, 0.3) is 0 Å². The maximum Gasteiger partial charge on any atom is 0.498 e. The molecule has 1 fully saturated rings. The minimum atomic E-state index is -0.598. The number of hydrogen-bond acceptors (Lipinski definition) is 4. The van der Waals surface area contributed by atoms with Gasteiger partial charge in [0.2, 0.25) is 0 Å². The lowest BCUT2D eigenvalue weighted by molar-refractivity contribution is 0.00578. The van der Waals surface area contributed by atoms with Crippen molar-refractivity contribution < 1.29 is 18.4 Å². The van der Waals surface area contributed by atoms with Crippen LogP contribution in [-0.4, -0.2) is 18.3 Å². The SMILES string of the molecule is Cc1cc(F)cc(C)c1Oc1ccc(N)cc1B1OC(C)(C)C(C)(C)O1. The Morgan fingerprint density at radius 2 is 1.50 bits per heavy atom. The summed E-state index contributed by atoms with van der Waals surface area (Å²) in [6.45, 7) is 11.6. The Labute approximate surface area is 154 Å². The molecule has 1 aliphatic rings. The standard InChI is InChI=1S/C20H25BFNO3/c1-12-9-14(22)10-13(2)18(12)24-17-8-7-15(23)11-16(17)21-25-19(3,4)20(5,6)26-21/h7-11H,23H2,1-6H3. The largest absolute Gasteiger partial charge is 0.498 e. The molecule has 138 valence electrons. The zero-order chi connectivity index (χ0) is 19.3. The molecule has 0 bridgehead atoms. The Kier molecular flexibility index (Phi) is 4.53. The fraction of sp³-hybridized carbons (Fsp3) is 0.400. The molecule has 1 saturated heterocycles. The minimum Gasteiger partial charge on any atom is -0.457 e. The topological polar surface area (TPSA) is 53.7 Å². The number of benzene rings is 2. The molecule has 2 aromatic rings. The predicted molar refractivity (Wildman–Crippen MR) is 103 cm³/mol. The van der Waals surface area contributed by atoms with E-state index in [0.717, 1.165) is 11.1 Å². The second-order valence-electron chi connectivity index (χ2n) is 7.86. The van der Waals surface area contributed by atoms with Crippen molar-refractivity contribution >= 4 is 18.3 Å². The summed E-state index contributed by atoms with van der Waals surface area (Å²) < 4.78 is 32.0. The van der Waals surface area contributed by atoms with Gasteiger partial charge in [0.1, 0.15) is 17.3 Å². The monoisotopic (exact) mass is 357 g/mol. The van der Waals surface area contributed by atoms with Gasteiger partial charge >= 0.3 is 7.12 Å². The van der Waals surface area contributed by atoms with Crippen LogP contribution in [0, 0.1) is 19.7 Å². The number of nitrogens with two attached hydrogens (primary N) is 1. The third kappa shape index (κ3) is 3.31. The smallest absolute Gasteiger partial charge is 0.457 e. The Balaban J connectivity index is 2.01. The summed E-state index contributed by atoms with van der Waals surface area (Å²) in [6.07, 6.45) is 0. The van der Waals surface area contributed by atoms with Crippen LogP contribution in [0.3, 0.4) is 0 Å². The lowest BCUT2D eigenvalue weighted by Crippen LogP contribution is -2.41. The number of hydrogen-bond donors (Lipinski definition) is 1. The molecule has 4 nitrogen and oxygen atoms in total. The van der Waals surface area contributed by atoms with Gasteiger partial charge in [-0.3, -0.25) is 0 Å². The van der Waals surface area contributed by atoms with E-state index in [2.05, 4.69) is 0 Å². The van der Waals surface area contributed by atoms with Crippen molar-refractivity contribution in [2.45, 2.75) is 52.7 Å². The average Bonchev–Trinajstić information content (AvgIpc) is 2.72. The highest BCUT2D eigenvalue weighted by Crippen LogP contribution is 2.38. The summed E-state index contributed by atoms with van der Waals surface area (Å²) in [6, 6.07) is 8.25. The number of nitrogen functional groups attached to an aromatic ring is 1. The van der Waals surface area contributed by atoms with Crippen molar-refractivity contribution in [2.24, 2.45) is 0 Å². The normalized spacial score (nSPS) is 18.2. The molecule has 0 saturated carbocycles. The molecule has 0 spiro atoms. The summed E-state index contributed by atoms with van der Waals surface area (Å²) in [4.78, 5) is 0. The van der Waals surface area contributed by atoms with Gasteiger partial charge in [-0.1, -0.05) is 0 Å². The highest BCUT2D eigenvalue weighted by molar-refractivity contribution is 6.63. The van der Waals surface area contributed by atoms with Crippen LogP contribution in [0.2, 0.25) is 0 Å². The molecule has 0 atom stereocenters. The van der Waals surface area contributed by atoms with Gasteiger partial charge in [-0.2, -0.15) is 0 Å². The van der Waals surface area contributed by atoms with Crippen LogP contribution in [-0.2, 0) is 9.31 Å². The molecule has 0 aliphatic carbocycles. The van der Waals surface area contributed by atoms with Gasteiger partial charge < -0.3 is 19.8 Å². The van der Waals surface area contributed by atoms with E-state index in [1.807, 2.05) is 41.5 Å². The molecule has 0 radical (unpaired) electrons. The van der Waals surface area contributed by atoms with Crippen LogP contribution < -0.4 is 15.9 Å². The van der Waals surface area contributed by atoms with Gasteiger partial charge in [-0.05, 0) is 83.0 Å². The van der Waals surface area contributed by atoms with Crippen LogP contribution in [0.4, 0.5) is 10.1 Å². The van der Waals surface area contributed by atoms with Gasteiger partial charge in [0.25, 0.3) is 0 Å². The highest BCUT2D eigenvalue weighted by Gasteiger charge is 2.52. The maximum atomic E-state index is 13.6. The molecule has 0 aromatic heterocycles. The minimum absolute atomic E-state index is 0.282. The Bertz CT molecular complexity index is 812. The van der Waals surface area contributed by atoms with E-state index in [0.29, 0.717) is 22.6 Å². The zero-order valence-corrected chi connectivity index (χ0v) is 16.1. The summed E-state index contributed by atoms with van der Waals surface area (Å²) in [5.74, 6) is 0.917. The van der Waals surface area contributed by atoms with E-state index in [-0.39, 0.29) is 5.82 Å². The van der Waals surface area contributed by atoms with Crippen molar-refractivity contribution in [3.8, 4) is 11.5 Å². The number of aryl methyl sites for hydroxylation is 2. The summed E-state index contributed by atoms with van der Waals surface area (Å²) >= 11 is 0.